The van der Waals surface area contributed by atoms with Crippen LogP contribution in [0, 0.1) is 0 Å². The van der Waals surface area contributed by atoms with Crippen LogP contribution in [0.15, 0.2) is 42.5 Å². The van der Waals surface area contributed by atoms with Gasteiger partial charge in [0.25, 0.3) is 0 Å². The molecule has 0 aliphatic rings. The molecule has 0 fully saturated rings. The zero-order valence-electron chi connectivity index (χ0n) is 19.2. The molecule has 0 aliphatic carbocycles. The van der Waals surface area contributed by atoms with Gasteiger partial charge in [0.2, 0.25) is 0 Å². The Kier molecular flexibility index (Phi) is 11.3. The van der Waals surface area contributed by atoms with Gasteiger partial charge in [-0.15, -0.1) is 0 Å². The first-order chi connectivity index (χ1) is 15.1. The highest BCUT2D eigenvalue weighted by molar-refractivity contribution is 5.40. The van der Waals surface area contributed by atoms with Crippen molar-refractivity contribution in [3.8, 4) is 17.2 Å². The number of unbranched alkanes of at least 4 members (excludes halogenated alkanes) is 3. The van der Waals surface area contributed by atoms with Crippen molar-refractivity contribution in [2.24, 2.45) is 0 Å². The average molecular weight is 431 g/mol. The molecule has 2 N–H and O–H groups in total. The molecule has 5 heteroatoms. The van der Waals surface area contributed by atoms with Crippen molar-refractivity contribution >= 4 is 0 Å². The first-order valence-electron chi connectivity index (χ1n) is 11.6. The molecule has 0 amide bonds. The van der Waals surface area contributed by atoms with Gasteiger partial charge >= 0.3 is 0 Å². The maximum absolute atomic E-state index is 10.9. The largest absolute Gasteiger partial charge is 0.494 e. The maximum Gasteiger partial charge on any atom is 0.123 e. The zero-order chi connectivity index (χ0) is 22.5. The third kappa shape index (κ3) is 8.42. The second-order valence-corrected chi connectivity index (χ2v) is 7.80. The molecule has 2 rings (SSSR count). The lowest BCUT2D eigenvalue weighted by molar-refractivity contribution is 0.0169. The van der Waals surface area contributed by atoms with Gasteiger partial charge in [-0.05, 0) is 54.7 Å². The van der Waals surface area contributed by atoms with Crippen LogP contribution in [0.2, 0.25) is 0 Å². The van der Waals surface area contributed by atoms with Gasteiger partial charge in [0, 0.05) is 6.07 Å². The fourth-order valence-electron chi connectivity index (χ4n) is 3.06. The van der Waals surface area contributed by atoms with Crippen LogP contribution in [-0.4, -0.2) is 30.0 Å². The molecule has 5 nitrogen and oxygen atoms in total. The first-order valence-corrected chi connectivity index (χ1v) is 11.6. The number of aliphatic hydroxyl groups excluding tert-OH is 2. The fraction of sp³-hybridized carbons (Fsp3) is 0.538. The Bertz CT molecular complexity index is 716. The number of hydrogen-bond donors (Lipinski definition) is 2. The second kappa shape index (κ2) is 13.9. The molecule has 2 atom stereocenters. The molecule has 0 heterocycles. The van der Waals surface area contributed by atoms with Gasteiger partial charge in [0.05, 0.1) is 19.8 Å². The average Bonchev–Trinajstić information content (AvgIpc) is 2.79. The van der Waals surface area contributed by atoms with Crippen LogP contribution in [0.4, 0.5) is 0 Å². The zero-order valence-corrected chi connectivity index (χ0v) is 19.2. The number of benzene rings is 2. The Hall–Kier alpha value is -2.24. The van der Waals surface area contributed by atoms with Crippen molar-refractivity contribution in [3.05, 3.63) is 53.6 Å². The predicted molar refractivity (Wildman–Crippen MR) is 124 cm³/mol. The highest BCUT2D eigenvalue weighted by Gasteiger charge is 2.22. The van der Waals surface area contributed by atoms with E-state index < -0.39 is 12.2 Å². The molecule has 0 aromatic heterocycles. The van der Waals surface area contributed by atoms with Crippen molar-refractivity contribution in [3.63, 3.8) is 0 Å². The van der Waals surface area contributed by atoms with Crippen molar-refractivity contribution in [2.45, 2.75) is 71.5 Å². The number of ether oxygens (including phenoxy) is 3. The SMILES string of the molecule is CCCCOc1ccc(C(O)C(O)c2cc(OCCCC)cc(OCCCC)c2)cc1. The van der Waals surface area contributed by atoms with Crippen molar-refractivity contribution < 1.29 is 24.4 Å². The minimum absolute atomic E-state index is 0.566. The third-order valence-electron chi connectivity index (χ3n) is 5.06. The van der Waals surface area contributed by atoms with Crippen LogP contribution in [0.3, 0.4) is 0 Å². The Morgan fingerprint density at radius 3 is 1.45 bits per heavy atom. The summed E-state index contributed by atoms with van der Waals surface area (Å²) in [5, 5.41) is 21.7. The fourth-order valence-corrected chi connectivity index (χ4v) is 3.06. The number of aliphatic hydroxyl groups is 2. The molecule has 2 aromatic carbocycles. The summed E-state index contributed by atoms with van der Waals surface area (Å²) in [6.45, 7) is 8.22. The molecule has 0 saturated heterocycles. The van der Waals surface area contributed by atoms with Crippen molar-refractivity contribution in [1.82, 2.24) is 0 Å². The molecule has 2 unspecified atom stereocenters. The van der Waals surface area contributed by atoms with E-state index in [4.69, 9.17) is 14.2 Å². The summed E-state index contributed by atoms with van der Waals surface area (Å²) in [5.74, 6) is 2.04. The van der Waals surface area contributed by atoms with Gasteiger partial charge in [-0.3, -0.25) is 0 Å². The molecule has 0 radical (unpaired) electrons. The number of rotatable bonds is 15. The van der Waals surface area contributed by atoms with E-state index in [9.17, 15) is 10.2 Å². The van der Waals surface area contributed by atoms with Gasteiger partial charge < -0.3 is 24.4 Å². The number of hydrogen-bond acceptors (Lipinski definition) is 5. The van der Waals surface area contributed by atoms with Crippen LogP contribution >= 0.6 is 0 Å². The molecule has 31 heavy (non-hydrogen) atoms. The van der Waals surface area contributed by atoms with Crippen LogP contribution in [0.5, 0.6) is 17.2 Å². The predicted octanol–water partition coefficient (Wildman–Crippen LogP) is 5.99. The molecule has 172 valence electrons. The minimum atomic E-state index is -1.10. The van der Waals surface area contributed by atoms with E-state index in [1.807, 2.05) is 18.2 Å². The quantitative estimate of drug-likeness (QED) is 0.340. The highest BCUT2D eigenvalue weighted by atomic mass is 16.5. The summed E-state index contributed by atoms with van der Waals surface area (Å²) in [5.41, 5.74) is 1.19. The Morgan fingerprint density at radius 2 is 1.00 bits per heavy atom. The molecule has 0 aliphatic heterocycles. The molecule has 0 spiro atoms. The topological polar surface area (TPSA) is 68.2 Å². The maximum atomic E-state index is 10.9. The lowest BCUT2D eigenvalue weighted by atomic mass is 9.98. The van der Waals surface area contributed by atoms with E-state index in [-0.39, 0.29) is 0 Å². The van der Waals surface area contributed by atoms with Gasteiger partial charge in [0.15, 0.2) is 0 Å². The summed E-state index contributed by atoms with van der Waals surface area (Å²) < 4.78 is 17.4. The Balaban J connectivity index is 2.13. The smallest absolute Gasteiger partial charge is 0.123 e. The van der Waals surface area contributed by atoms with E-state index in [0.717, 1.165) is 44.3 Å². The van der Waals surface area contributed by atoms with Gasteiger partial charge in [-0.1, -0.05) is 52.2 Å². The monoisotopic (exact) mass is 430 g/mol. The van der Waals surface area contributed by atoms with Crippen LogP contribution in [0.1, 0.15) is 82.6 Å². The lowest BCUT2D eigenvalue weighted by Gasteiger charge is -2.21. The molecular formula is C26H38O5. The molecular weight excluding hydrogens is 392 g/mol. The first kappa shape index (κ1) is 25.0. The van der Waals surface area contributed by atoms with Crippen LogP contribution in [0.25, 0.3) is 0 Å². The molecule has 2 aromatic rings. The van der Waals surface area contributed by atoms with Gasteiger partial charge in [-0.2, -0.15) is 0 Å². The molecule has 0 bridgehead atoms. The van der Waals surface area contributed by atoms with E-state index in [1.165, 1.54) is 0 Å². The van der Waals surface area contributed by atoms with E-state index in [2.05, 4.69) is 20.8 Å². The van der Waals surface area contributed by atoms with Gasteiger partial charge in [-0.25, -0.2) is 0 Å². The normalized spacial score (nSPS) is 12.9. The summed E-state index contributed by atoms with van der Waals surface area (Å²) in [6, 6.07) is 12.6. The van der Waals surface area contributed by atoms with Gasteiger partial charge in [0.1, 0.15) is 29.5 Å². The van der Waals surface area contributed by atoms with Crippen LogP contribution in [-0.2, 0) is 0 Å². The van der Waals surface area contributed by atoms with Crippen molar-refractivity contribution in [1.29, 1.82) is 0 Å². The highest BCUT2D eigenvalue weighted by Crippen LogP contribution is 2.34. The molecule has 0 saturated carbocycles. The Labute approximate surface area is 187 Å². The van der Waals surface area contributed by atoms with E-state index >= 15 is 0 Å². The minimum Gasteiger partial charge on any atom is -0.494 e. The summed E-state index contributed by atoms with van der Waals surface area (Å²) in [6.07, 6.45) is 3.89. The van der Waals surface area contributed by atoms with Crippen LogP contribution < -0.4 is 14.2 Å². The standard InChI is InChI=1S/C26H38O5/c1-4-7-14-29-22-12-10-20(11-13-22)25(27)26(28)21-17-23(30-15-8-5-2)19-24(18-21)31-16-9-6-3/h10-13,17-19,25-28H,4-9,14-16H2,1-3H3. The second-order valence-electron chi connectivity index (χ2n) is 7.80. The Morgan fingerprint density at radius 1 is 0.581 bits per heavy atom. The van der Waals surface area contributed by atoms with E-state index in [1.54, 1.807) is 24.3 Å². The lowest BCUT2D eigenvalue weighted by Crippen LogP contribution is -2.11. The summed E-state index contributed by atoms with van der Waals surface area (Å²) in [7, 11) is 0. The summed E-state index contributed by atoms with van der Waals surface area (Å²) in [4.78, 5) is 0. The van der Waals surface area contributed by atoms with E-state index in [0.29, 0.717) is 42.4 Å². The summed E-state index contributed by atoms with van der Waals surface area (Å²) >= 11 is 0. The third-order valence-corrected chi connectivity index (χ3v) is 5.06. The van der Waals surface area contributed by atoms with Crippen molar-refractivity contribution in [2.75, 3.05) is 19.8 Å².